The van der Waals surface area contributed by atoms with Crippen molar-refractivity contribution >= 4 is 40.4 Å². The van der Waals surface area contributed by atoms with Gasteiger partial charge in [-0.25, -0.2) is 9.69 Å². The summed E-state index contributed by atoms with van der Waals surface area (Å²) in [5, 5.41) is 4.07. The van der Waals surface area contributed by atoms with Gasteiger partial charge in [-0.3, -0.25) is 14.9 Å². The number of carbonyl (C=O) groups is 3. The number of ether oxygens (including phenoxy) is 1. The largest absolute Gasteiger partial charge is 0.488 e. The van der Waals surface area contributed by atoms with Crippen LogP contribution in [0.2, 0.25) is 0 Å². The van der Waals surface area contributed by atoms with E-state index in [1.165, 1.54) is 6.08 Å². The topological polar surface area (TPSA) is 75.7 Å². The van der Waals surface area contributed by atoms with E-state index in [0.717, 1.165) is 37.9 Å². The Kier molecular flexibility index (Phi) is 6.32. The second-order valence-corrected chi connectivity index (χ2v) is 9.20. The van der Waals surface area contributed by atoms with Gasteiger partial charge in [0, 0.05) is 5.56 Å². The highest BCUT2D eigenvalue weighted by molar-refractivity contribution is 6.39. The molecule has 4 aromatic rings. The van der Waals surface area contributed by atoms with E-state index in [0.29, 0.717) is 23.6 Å². The van der Waals surface area contributed by atoms with Crippen molar-refractivity contribution < 1.29 is 19.1 Å². The molecule has 1 heterocycles. The molecule has 0 bridgehead atoms. The molecule has 1 fully saturated rings. The number of carbonyl (C=O) groups excluding carboxylic acids is 3. The molecule has 37 heavy (non-hydrogen) atoms. The number of anilines is 1. The zero-order valence-electron chi connectivity index (χ0n) is 20.9. The zero-order valence-corrected chi connectivity index (χ0v) is 20.9. The van der Waals surface area contributed by atoms with Gasteiger partial charge in [0.05, 0.1) is 5.69 Å². The fraction of sp³-hybridized carbons (Fsp3) is 0.129. The van der Waals surface area contributed by atoms with Crippen molar-refractivity contribution in [2.24, 2.45) is 0 Å². The van der Waals surface area contributed by atoms with Crippen LogP contribution in [0.15, 0.2) is 84.4 Å². The van der Waals surface area contributed by atoms with E-state index in [1.54, 1.807) is 12.1 Å². The molecule has 0 radical (unpaired) electrons. The average molecular weight is 491 g/mol. The Morgan fingerprint density at radius 2 is 1.65 bits per heavy atom. The standard InChI is InChI=1S/C31H26N2O4/c1-19-7-6-8-22(15-19)18-37-28-14-12-23-9-4-5-10-25(23)26(28)17-27-29(34)32-31(36)33(30(27)35)24-13-11-20(2)21(3)16-24/h4-17H,18H2,1-3H3,(H,32,34,36)/b27-17+. The Balaban J connectivity index is 1.58. The lowest BCUT2D eigenvalue weighted by molar-refractivity contribution is -0.122. The summed E-state index contributed by atoms with van der Waals surface area (Å²) in [6, 6.07) is 24.0. The number of nitrogens with zero attached hydrogens (tertiary/aromatic N) is 1. The van der Waals surface area contributed by atoms with Crippen molar-refractivity contribution in [3.63, 3.8) is 0 Å². The molecule has 1 saturated heterocycles. The van der Waals surface area contributed by atoms with Crippen LogP contribution in [0, 0.1) is 20.8 Å². The lowest BCUT2D eigenvalue weighted by Gasteiger charge is -2.27. The highest BCUT2D eigenvalue weighted by Crippen LogP contribution is 2.32. The smallest absolute Gasteiger partial charge is 0.335 e. The first-order chi connectivity index (χ1) is 17.8. The van der Waals surface area contributed by atoms with E-state index < -0.39 is 17.8 Å². The predicted octanol–water partition coefficient (Wildman–Crippen LogP) is 6.01. The van der Waals surface area contributed by atoms with E-state index >= 15 is 0 Å². The highest BCUT2D eigenvalue weighted by atomic mass is 16.5. The van der Waals surface area contributed by atoms with Crippen molar-refractivity contribution in [2.75, 3.05) is 4.90 Å². The molecule has 1 aliphatic rings. The van der Waals surface area contributed by atoms with E-state index in [-0.39, 0.29) is 5.57 Å². The van der Waals surface area contributed by atoms with Crippen LogP contribution in [-0.2, 0) is 16.2 Å². The first-order valence-corrected chi connectivity index (χ1v) is 12.0. The normalized spacial score (nSPS) is 14.8. The molecular formula is C31H26N2O4. The monoisotopic (exact) mass is 490 g/mol. The van der Waals surface area contributed by atoms with Gasteiger partial charge in [-0.2, -0.15) is 0 Å². The number of nitrogens with one attached hydrogen (secondary N) is 1. The first-order valence-electron chi connectivity index (χ1n) is 12.0. The number of imide groups is 2. The third-order valence-electron chi connectivity index (χ3n) is 6.55. The maximum absolute atomic E-state index is 13.5. The highest BCUT2D eigenvalue weighted by Gasteiger charge is 2.37. The fourth-order valence-corrected chi connectivity index (χ4v) is 4.41. The van der Waals surface area contributed by atoms with Crippen LogP contribution in [0.25, 0.3) is 16.8 Å². The lowest BCUT2D eigenvalue weighted by Crippen LogP contribution is -2.54. The second kappa shape index (κ2) is 9.74. The quantitative estimate of drug-likeness (QED) is 0.275. The number of hydrogen-bond acceptors (Lipinski definition) is 4. The molecule has 0 atom stereocenters. The summed E-state index contributed by atoms with van der Waals surface area (Å²) in [4.78, 5) is 40.1. The molecule has 0 aliphatic carbocycles. The molecule has 1 aliphatic heterocycles. The Labute approximate surface area is 215 Å². The van der Waals surface area contributed by atoms with Crippen LogP contribution in [-0.4, -0.2) is 17.8 Å². The van der Waals surface area contributed by atoms with Gasteiger partial charge in [0.25, 0.3) is 11.8 Å². The number of benzene rings is 4. The van der Waals surface area contributed by atoms with Crippen LogP contribution >= 0.6 is 0 Å². The van der Waals surface area contributed by atoms with E-state index in [4.69, 9.17) is 4.74 Å². The number of hydrogen-bond donors (Lipinski definition) is 1. The van der Waals surface area contributed by atoms with Crippen LogP contribution in [0.1, 0.15) is 27.8 Å². The van der Waals surface area contributed by atoms with Gasteiger partial charge in [0.1, 0.15) is 17.9 Å². The molecule has 184 valence electrons. The van der Waals surface area contributed by atoms with Gasteiger partial charge in [-0.15, -0.1) is 0 Å². The Hall–Kier alpha value is -4.71. The molecule has 1 N–H and O–H groups in total. The van der Waals surface area contributed by atoms with E-state index in [2.05, 4.69) is 5.32 Å². The van der Waals surface area contributed by atoms with Crippen LogP contribution in [0.4, 0.5) is 10.5 Å². The second-order valence-electron chi connectivity index (χ2n) is 9.20. The molecule has 0 spiro atoms. The van der Waals surface area contributed by atoms with Crippen molar-refractivity contribution in [3.05, 3.63) is 112 Å². The van der Waals surface area contributed by atoms with E-state index in [9.17, 15) is 14.4 Å². The lowest BCUT2D eigenvalue weighted by atomic mass is 9.99. The van der Waals surface area contributed by atoms with Gasteiger partial charge >= 0.3 is 6.03 Å². The molecular weight excluding hydrogens is 464 g/mol. The number of rotatable bonds is 5. The maximum atomic E-state index is 13.5. The third-order valence-corrected chi connectivity index (χ3v) is 6.55. The van der Waals surface area contributed by atoms with Crippen molar-refractivity contribution in [1.29, 1.82) is 0 Å². The van der Waals surface area contributed by atoms with E-state index in [1.807, 2.05) is 87.5 Å². The summed E-state index contributed by atoms with van der Waals surface area (Å²) in [5.74, 6) is -0.898. The molecule has 6 nitrogen and oxygen atoms in total. The molecule has 4 amide bonds. The SMILES string of the molecule is Cc1cccc(COc2ccc3ccccc3c2/C=C2\C(=O)NC(=O)N(c3ccc(C)c(C)c3)C2=O)c1. The molecule has 5 rings (SSSR count). The average Bonchev–Trinajstić information content (AvgIpc) is 2.87. The summed E-state index contributed by atoms with van der Waals surface area (Å²) in [7, 11) is 0. The van der Waals surface area contributed by atoms with Crippen molar-refractivity contribution in [1.82, 2.24) is 5.32 Å². The number of barbiturate groups is 1. The number of urea groups is 1. The van der Waals surface area contributed by atoms with Crippen LogP contribution < -0.4 is 15.0 Å². The number of fused-ring (bicyclic) bond motifs is 1. The summed E-state index contributed by atoms with van der Waals surface area (Å²) < 4.78 is 6.19. The summed E-state index contributed by atoms with van der Waals surface area (Å²) in [5.41, 5.74) is 4.95. The van der Waals surface area contributed by atoms with Gasteiger partial charge in [0.2, 0.25) is 0 Å². The summed E-state index contributed by atoms with van der Waals surface area (Å²) in [6.45, 7) is 6.20. The number of aryl methyl sites for hydroxylation is 3. The minimum atomic E-state index is -0.774. The minimum absolute atomic E-state index is 0.144. The summed E-state index contributed by atoms with van der Waals surface area (Å²) >= 11 is 0. The molecule has 4 aromatic carbocycles. The fourth-order valence-electron chi connectivity index (χ4n) is 4.41. The third kappa shape index (κ3) is 4.74. The molecule has 0 aromatic heterocycles. The predicted molar refractivity (Wildman–Crippen MR) is 144 cm³/mol. The van der Waals surface area contributed by atoms with Gasteiger partial charge in [-0.1, -0.05) is 66.2 Å². The van der Waals surface area contributed by atoms with Gasteiger partial charge in [0.15, 0.2) is 0 Å². The maximum Gasteiger partial charge on any atom is 0.335 e. The minimum Gasteiger partial charge on any atom is -0.488 e. The van der Waals surface area contributed by atoms with Crippen molar-refractivity contribution in [2.45, 2.75) is 27.4 Å². The molecule has 6 heteroatoms. The molecule has 0 unspecified atom stereocenters. The number of amides is 4. The molecule has 0 saturated carbocycles. The van der Waals surface area contributed by atoms with Gasteiger partial charge < -0.3 is 4.74 Å². The van der Waals surface area contributed by atoms with Crippen LogP contribution in [0.3, 0.4) is 0 Å². The van der Waals surface area contributed by atoms with Crippen molar-refractivity contribution in [3.8, 4) is 5.75 Å². The van der Waals surface area contributed by atoms with Crippen LogP contribution in [0.5, 0.6) is 5.75 Å². The van der Waals surface area contributed by atoms with Gasteiger partial charge in [-0.05, 0) is 72.5 Å². The summed E-state index contributed by atoms with van der Waals surface area (Å²) in [6.07, 6.45) is 1.52. The Morgan fingerprint density at radius 1 is 0.838 bits per heavy atom. The zero-order chi connectivity index (χ0) is 26.1. The Bertz CT molecular complexity index is 1600. The Morgan fingerprint density at radius 3 is 2.43 bits per heavy atom. The first kappa shape index (κ1) is 24.0.